The summed E-state index contributed by atoms with van der Waals surface area (Å²) >= 11 is 0. The molecule has 1 unspecified atom stereocenters. The molecule has 0 saturated carbocycles. The summed E-state index contributed by atoms with van der Waals surface area (Å²) in [4.78, 5) is 25.8. The number of benzene rings is 1. The highest BCUT2D eigenvalue weighted by Gasteiger charge is 2.21. The Morgan fingerprint density at radius 2 is 2.21 bits per heavy atom. The SMILES string of the molecule is COc1ccc(NC(=O)CN(C)C(=O)C(C)n2cccn2)cc1N. The van der Waals surface area contributed by atoms with Crippen molar-refractivity contribution in [2.24, 2.45) is 0 Å². The van der Waals surface area contributed by atoms with Gasteiger partial charge in [0.15, 0.2) is 0 Å². The van der Waals surface area contributed by atoms with Gasteiger partial charge in [-0.1, -0.05) is 0 Å². The van der Waals surface area contributed by atoms with Crippen LogP contribution in [0.5, 0.6) is 5.75 Å². The number of methoxy groups -OCH3 is 1. The number of nitrogen functional groups attached to an aromatic ring is 1. The number of ether oxygens (including phenoxy) is 1. The van der Waals surface area contributed by atoms with Gasteiger partial charge in [-0.25, -0.2) is 0 Å². The Kier molecular flexibility index (Phi) is 5.41. The van der Waals surface area contributed by atoms with E-state index < -0.39 is 6.04 Å². The maximum absolute atomic E-state index is 12.3. The number of carbonyl (C=O) groups is 2. The van der Waals surface area contributed by atoms with E-state index in [0.717, 1.165) is 0 Å². The molecule has 2 aromatic rings. The van der Waals surface area contributed by atoms with E-state index in [0.29, 0.717) is 17.1 Å². The summed E-state index contributed by atoms with van der Waals surface area (Å²) in [5.41, 5.74) is 6.76. The highest BCUT2D eigenvalue weighted by atomic mass is 16.5. The zero-order chi connectivity index (χ0) is 17.7. The second kappa shape index (κ2) is 7.49. The summed E-state index contributed by atoms with van der Waals surface area (Å²) in [6, 6.07) is 6.21. The summed E-state index contributed by atoms with van der Waals surface area (Å²) in [7, 11) is 3.09. The van der Waals surface area contributed by atoms with E-state index in [9.17, 15) is 9.59 Å². The first-order valence-electron chi connectivity index (χ1n) is 7.40. The lowest BCUT2D eigenvalue weighted by Gasteiger charge is -2.21. The van der Waals surface area contributed by atoms with Crippen LogP contribution in [0.15, 0.2) is 36.7 Å². The molecule has 1 atom stereocenters. The maximum Gasteiger partial charge on any atom is 0.247 e. The van der Waals surface area contributed by atoms with E-state index in [-0.39, 0.29) is 18.4 Å². The molecule has 0 saturated heterocycles. The fraction of sp³-hybridized carbons (Fsp3) is 0.312. The van der Waals surface area contributed by atoms with Gasteiger partial charge in [0.2, 0.25) is 11.8 Å². The van der Waals surface area contributed by atoms with E-state index in [4.69, 9.17) is 10.5 Å². The highest BCUT2D eigenvalue weighted by Crippen LogP contribution is 2.24. The predicted molar refractivity (Wildman–Crippen MR) is 90.6 cm³/mol. The first-order chi connectivity index (χ1) is 11.4. The molecule has 0 aliphatic rings. The minimum atomic E-state index is -0.477. The molecule has 2 amide bonds. The van der Waals surface area contributed by atoms with E-state index in [2.05, 4.69) is 10.4 Å². The van der Waals surface area contributed by atoms with Crippen LogP contribution < -0.4 is 15.8 Å². The Bertz CT molecular complexity index is 715. The molecule has 1 heterocycles. The molecule has 1 aromatic carbocycles. The zero-order valence-corrected chi connectivity index (χ0v) is 13.9. The molecule has 0 spiro atoms. The molecule has 0 radical (unpaired) electrons. The van der Waals surface area contributed by atoms with E-state index in [1.54, 1.807) is 55.3 Å². The zero-order valence-electron chi connectivity index (χ0n) is 13.9. The lowest BCUT2D eigenvalue weighted by molar-refractivity contribution is -0.136. The van der Waals surface area contributed by atoms with Crippen molar-refractivity contribution in [2.75, 3.05) is 31.8 Å². The number of hydrogen-bond donors (Lipinski definition) is 2. The molecular formula is C16H21N5O3. The quantitative estimate of drug-likeness (QED) is 0.773. The van der Waals surface area contributed by atoms with Gasteiger partial charge >= 0.3 is 0 Å². The van der Waals surface area contributed by atoms with E-state index in [1.807, 2.05) is 0 Å². The topological polar surface area (TPSA) is 102 Å². The van der Waals surface area contributed by atoms with Gasteiger partial charge in [-0.05, 0) is 31.2 Å². The van der Waals surface area contributed by atoms with Gasteiger partial charge in [0.1, 0.15) is 11.8 Å². The molecule has 24 heavy (non-hydrogen) atoms. The Balaban J connectivity index is 1.94. The lowest BCUT2D eigenvalue weighted by atomic mass is 10.2. The number of hydrogen-bond acceptors (Lipinski definition) is 5. The average Bonchev–Trinajstić information content (AvgIpc) is 3.07. The Labute approximate surface area is 140 Å². The first kappa shape index (κ1) is 17.3. The predicted octanol–water partition coefficient (Wildman–Crippen LogP) is 1.13. The molecular weight excluding hydrogens is 310 g/mol. The van der Waals surface area contributed by atoms with Crippen molar-refractivity contribution >= 4 is 23.2 Å². The van der Waals surface area contributed by atoms with Gasteiger partial charge in [0.05, 0.1) is 19.3 Å². The molecule has 1 aromatic heterocycles. The highest BCUT2D eigenvalue weighted by molar-refractivity contribution is 5.95. The van der Waals surface area contributed by atoms with Gasteiger partial charge in [0, 0.05) is 25.1 Å². The van der Waals surface area contributed by atoms with Gasteiger partial charge in [-0.2, -0.15) is 5.10 Å². The van der Waals surface area contributed by atoms with Crippen LogP contribution in [0.4, 0.5) is 11.4 Å². The van der Waals surface area contributed by atoms with Crippen LogP contribution in [-0.4, -0.2) is 47.2 Å². The minimum Gasteiger partial charge on any atom is -0.495 e. The number of carbonyl (C=O) groups excluding carboxylic acids is 2. The van der Waals surface area contributed by atoms with E-state index >= 15 is 0 Å². The molecule has 8 heteroatoms. The van der Waals surface area contributed by atoms with Crippen LogP contribution in [0.2, 0.25) is 0 Å². The summed E-state index contributed by atoms with van der Waals surface area (Å²) < 4.78 is 6.61. The van der Waals surface area contributed by atoms with Crippen LogP contribution in [-0.2, 0) is 9.59 Å². The molecule has 0 bridgehead atoms. The van der Waals surface area contributed by atoms with Crippen molar-refractivity contribution < 1.29 is 14.3 Å². The monoisotopic (exact) mass is 331 g/mol. The number of likely N-dealkylation sites (N-methyl/N-ethyl adjacent to an activating group) is 1. The molecule has 2 rings (SSSR count). The number of aromatic nitrogens is 2. The third-order valence-corrected chi connectivity index (χ3v) is 3.55. The van der Waals surface area contributed by atoms with Crippen molar-refractivity contribution in [3.05, 3.63) is 36.7 Å². The second-order valence-corrected chi connectivity index (χ2v) is 5.36. The molecule has 8 nitrogen and oxygen atoms in total. The van der Waals surface area contributed by atoms with Gasteiger partial charge in [-0.3, -0.25) is 14.3 Å². The molecule has 128 valence electrons. The van der Waals surface area contributed by atoms with Crippen molar-refractivity contribution in [2.45, 2.75) is 13.0 Å². The largest absolute Gasteiger partial charge is 0.495 e. The minimum absolute atomic E-state index is 0.0730. The number of nitrogens with two attached hydrogens (primary N) is 1. The standard InChI is InChI=1S/C16H21N5O3/c1-11(21-8-4-7-18-21)16(23)20(2)10-15(22)19-12-5-6-14(24-3)13(17)9-12/h4-9,11H,10,17H2,1-3H3,(H,19,22). The molecule has 0 aliphatic carbocycles. The number of rotatable bonds is 6. The second-order valence-electron chi connectivity index (χ2n) is 5.36. The summed E-state index contributed by atoms with van der Waals surface area (Å²) in [5.74, 6) is 0.0134. The molecule has 0 fully saturated rings. The molecule has 3 N–H and O–H groups in total. The summed E-state index contributed by atoms with van der Waals surface area (Å²) in [6.45, 7) is 1.66. The lowest BCUT2D eigenvalue weighted by Crippen LogP contribution is -2.38. The van der Waals surface area contributed by atoms with Gasteiger partial charge < -0.3 is 20.7 Å². The van der Waals surface area contributed by atoms with Crippen LogP contribution in [0.1, 0.15) is 13.0 Å². The van der Waals surface area contributed by atoms with Crippen LogP contribution in [0, 0.1) is 0 Å². The maximum atomic E-state index is 12.3. The number of anilines is 2. The Morgan fingerprint density at radius 3 is 2.79 bits per heavy atom. The summed E-state index contributed by atoms with van der Waals surface area (Å²) in [5, 5.41) is 6.74. The fourth-order valence-corrected chi connectivity index (χ4v) is 2.25. The summed E-state index contributed by atoms with van der Waals surface area (Å²) in [6.07, 6.45) is 3.31. The number of nitrogens with one attached hydrogen (secondary N) is 1. The third kappa shape index (κ3) is 4.03. The van der Waals surface area contributed by atoms with Crippen molar-refractivity contribution in [3.8, 4) is 5.75 Å². The Morgan fingerprint density at radius 1 is 1.46 bits per heavy atom. The van der Waals surface area contributed by atoms with Crippen molar-refractivity contribution in [3.63, 3.8) is 0 Å². The Hall–Kier alpha value is -3.03. The average molecular weight is 331 g/mol. The van der Waals surface area contributed by atoms with Crippen LogP contribution in [0.3, 0.4) is 0 Å². The van der Waals surface area contributed by atoms with Crippen LogP contribution in [0.25, 0.3) is 0 Å². The smallest absolute Gasteiger partial charge is 0.247 e. The van der Waals surface area contributed by atoms with Crippen molar-refractivity contribution in [1.29, 1.82) is 0 Å². The molecule has 0 aliphatic heterocycles. The van der Waals surface area contributed by atoms with Crippen molar-refractivity contribution in [1.82, 2.24) is 14.7 Å². The first-order valence-corrected chi connectivity index (χ1v) is 7.40. The van der Waals surface area contributed by atoms with E-state index in [1.165, 1.54) is 12.0 Å². The normalized spacial score (nSPS) is 11.6. The number of amides is 2. The number of nitrogens with zero attached hydrogens (tertiary/aromatic N) is 3. The van der Waals surface area contributed by atoms with Crippen LogP contribution >= 0.6 is 0 Å². The van der Waals surface area contributed by atoms with Gasteiger partial charge in [0.25, 0.3) is 0 Å². The van der Waals surface area contributed by atoms with Gasteiger partial charge in [-0.15, -0.1) is 0 Å². The third-order valence-electron chi connectivity index (χ3n) is 3.55. The fourth-order valence-electron chi connectivity index (χ4n) is 2.25.